The Bertz CT molecular complexity index is 1130. The van der Waals surface area contributed by atoms with Crippen molar-refractivity contribution in [1.29, 1.82) is 0 Å². The number of aliphatic hydroxyl groups is 2. The van der Waals surface area contributed by atoms with Gasteiger partial charge in [-0.1, -0.05) is 42.5 Å². The summed E-state index contributed by atoms with van der Waals surface area (Å²) in [6.45, 7) is 4.04. The van der Waals surface area contributed by atoms with Crippen LogP contribution in [0, 0.1) is 12.7 Å². The van der Waals surface area contributed by atoms with E-state index in [0.29, 0.717) is 44.9 Å². The van der Waals surface area contributed by atoms with Gasteiger partial charge in [0.15, 0.2) is 0 Å². The number of halogens is 1. The molecule has 1 saturated heterocycles. The Morgan fingerprint density at radius 2 is 1.76 bits per heavy atom. The van der Waals surface area contributed by atoms with Crippen molar-refractivity contribution in [3.63, 3.8) is 0 Å². The Hall–Kier alpha value is -2.93. The molecular weight excluding hydrogens is 433 g/mol. The summed E-state index contributed by atoms with van der Waals surface area (Å²) in [6, 6.07) is 19.7. The molecule has 0 saturated carbocycles. The quantitative estimate of drug-likeness (QED) is 0.584. The Balaban J connectivity index is 1.26. The van der Waals surface area contributed by atoms with Crippen LogP contribution in [0.15, 0.2) is 66.7 Å². The molecule has 0 amide bonds. The summed E-state index contributed by atoms with van der Waals surface area (Å²) in [7, 11) is 0. The van der Waals surface area contributed by atoms with Crippen LogP contribution in [0.3, 0.4) is 0 Å². The molecule has 0 aromatic heterocycles. The van der Waals surface area contributed by atoms with Crippen LogP contribution in [0.2, 0.25) is 0 Å². The number of piperidine rings is 1. The maximum atomic E-state index is 13.3. The fourth-order valence-corrected chi connectivity index (χ4v) is 4.99. The lowest BCUT2D eigenvalue weighted by Crippen LogP contribution is -2.52. The van der Waals surface area contributed by atoms with Crippen molar-refractivity contribution in [2.45, 2.75) is 44.1 Å². The van der Waals surface area contributed by atoms with Crippen LogP contribution in [0.1, 0.15) is 41.2 Å². The first-order valence-electron chi connectivity index (χ1n) is 11.8. The summed E-state index contributed by atoms with van der Waals surface area (Å²) in [4.78, 5) is 2.18. The van der Waals surface area contributed by atoms with E-state index in [9.17, 15) is 14.6 Å². The molecule has 34 heavy (non-hydrogen) atoms. The van der Waals surface area contributed by atoms with Gasteiger partial charge in [-0.05, 0) is 54.7 Å². The number of benzene rings is 3. The zero-order valence-electron chi connectivity index (χ0n) is 19.3. The van der Waals surface area contributed by atoms with Gasteiger partial charge < -0.3 is 19.7 Å². The third kappa shape index (κ3) is 4.53. The molecule has 2 aliphatic rings. The lowest BCUT2D eigenvalue weighted by molar-refractivity contribution is -0.0665. The van der Waals surface area contributed by atoms with E-state index in [2.05, 4.69) is 4.90 Å². The van der Waals surface area contributed by atoms with Crippen molar-refractivity contribution < 1.29 is 24.1 Å². The van der Waals surface area contributed by atoms with E-state index >= 15 is 0 Å². The molecule has 6 heteroatoms. The smallest absolute Gasteiger partial charge is 0.128 e. The molecule has 5 nitrogen and oxygen atoms in total. The number of nitrogens with zero attached hydrogens (tertiary/aromatic N) is 1. The Morgan fingerprint density at radius 3 is 2.47 bits per heavy atom. The van der Waals surface area contributed by atoms with Crippen LogP contribution in [0.25, 0.3) is 0 Å². The third-order valence-electron chi connectivity index (χ3n) is 7.11. The number of hydrogen-bond acceptors (Lipinski definition) is 5. The van der Waals surface area contributed by atoms with Gasteiger partial charge in [-0.3, -0.25) is 4.90 Å². The molecule has 0 spiro atoms. The number of rotatable bonds is 5. The molecule has 0 aliphatic carbocycles. The predicted molar refractivity (Wildman–Crippen MR) is 127 cm³/mol. The van der Waals surface area contributed by atoms with E-state index in [1.807, 2.05) is 49.4 Å². The number of aryl methyl sites for hydroxylation is 1. The van der Waals surface area contributed by atoms with Crippen molar-refractivity contribution in [3.05, 3.63) is 94.8 Å². The Morgan fingerprint density at radius 1 is 1.06 bits per heavy atom. The molecule has 0 bridgehead atoms. The van der Waals surface area contributed by atoms with Gasteiger partial charge in [0.2, 0.25) is 0 Å². The SMILES string of the molecule is Cc1cc2c(cc1OCc1ccccc1)OC[C@@H](N1CCC(O)(c3ccc(F)cc3)CC1)[C@H]2O. The number of aliphatic hydroxyl groups excluding tert-OH is 1. The van der Waals surface area contributed by atoms with Crippen LogP contribution in [-0.4, -0.2) is 40.9 Å². The fourth-order valence-electron chi connectivity index (χ4n) is 4.99. The Labute approximate surface area is 199 Å². The maximum absolute atomic E-state index is 13.3. The van der Waals surface area contributed by atoms with Crippen molar-refractivity contribution in [3.8, 4) is 11.5 Å². The monoisotopic (exact) mass is 463 g/mol. The summed E-state index contributed by atoms with van der Waals surface area (Å²) in [5.74, 6) is 1.09. The largest absolute Gasteiger partial charge is 0.491 e. The highest BCUT2D eigenvalue weighted by Gasteiger charge is 2.40. The van der Waals surface area contributed by atoms with E-state index in [0.717, 1.165) is 28.0 Å². The van der Waals surface area contributed by atoms with Crippen LogP contribution in [-0.2, 0) is 12.2 Å². The third-order valence-corrected chi connectivity index (χ3v) is 7.11. The highest BCUT2D eigenvalue weighted by Crippen LogP contribution is 2.41. The molecule has 178 valence electrons. The molecule has 5 rings (SSSR count). The minimum absolute atomic E-state index is 0.194. The average Bonchev–Trinajstić information content (AvgIpc) is 2.85. The van der Waals surface area contributed by atoms with E-state index in [4.69, 9.17) is 9.47 Å². The van der Waals surface area contributed by atoms with Gasteiger partial charge in [-0.2, -0.15) is 0 Å². The lowest BCUT2D eigenvalue weighted by Gasteiger charge is -2.44. The van der Waals surface area contributed by atoms with E-state index in [1.165, 1.54) is 12.1 Å². The maximum Gasteiger partial charge on any atom is 0.128 e. The normalized spacial score (nSPS) is 22.0. The molecule has 2 heterocycles. The zero-order chi connectivity index (χ0) is 23.7. The standard InChI is InChI=1S/C28H30FNO4/c1-19-15-23-26(16-25(19)33-17-20-5-3-2-4-6-20)34-18-24(27(23)31)30-13-11-28(32,12-14-30)21-7-9-22(29)10-8-21/h2-10,15-16,24,27,31-32H,11-14,17-18H2,1H3/t24-,27+/m1/s1. The van der Waals surface area contributed by atoms with Crippen molar-refractivity contribution in [2.75, 3.05) is 19.7 Å². The van der Waals surface area contributed by atoms with Gasteiger partial charge >= 0.3 is 0 Å². The zero-order valence-corrected chi connectivity index (χ0v) is 19.3. The minimum atomic E-state index is -0.982. The highest BCUT2D eigenvalue weighted by atomic mass is 19.1. The van der Waals surface area contributed by atoms with Gasteiger partial charge in [-0.15, -0.1) is 0 Å². The fraction of sp³-hybridized carbons (Fsp3) is 0.357. The first-order valence-corrected chi connectivity index (χ1v) is 11.8. The van der Waals surface area contributed by atoms with Crippen LogP contribution < -0.4 is 9.47 Å². The molecular formula is C28H30FNO4. The summed E-state index contributed by atoms with van der Waals surface area (Å²) in [6.07, 6.45) is 0.336. The number of ether oxygens (including phenoxy) is 2. The minimum Gasteiger partial charge on any atom is -0.491 e. The first kappa shape index (κ1) is 22.8. The summed E-state index contributed by atoms with van der Waals surface area (Å²) >= 11 is 0. The second-order valence-electron chi connectivity index (χ2n) is 9.33. The molecule has 1 fully saturated rings. The topological polar surface area (TPSA) is 62.2 Å². The predicted octanol–water partition coefficient (Wildman–Crippen LogP) is 4.49. The van der Waals surface area contributed by atoms with Gasteiger partial charge in [0, 0.05) is 24.7 Å². The highest BCUT2D eigenvalue weighted by molar-refractivity contribution is 5.48. The summed E-state index contributed by atoms with van der Waals surface area (Å²) in [5.41, 5.74) is 2.55. The van der Waals surface area contributed by atoms with Crippen LogP contribution in [0.5, 0.6) is 11.5 Å². The summed E-state index contributed by atoms with van der Waals surface area (Å²) < 4.78 is 25.4. The van der Waals surface area contributed by atoms with Gasteiger partial charge in [-0.25, -0.2) is 4.39 Å². The molecule has 2 N–H and O–H groups in total. The van der Waals surface area contributed by atoms with Crippen LogP contribution >= 0.6 is 0 Å². The summed E-state index contributed by atoms with van der Waals surface area (Å²) in [5, 5.41) is 22.3. The van der Waals surface area contributed by atoms with Gasteiger partial charge in [0.1, 0.15) is 36.6 Å². The van der Waals surface area contributed by atoms with E-state index < -0.39 is 11.7 Å². The average molecular weight is 464 g/mol. The second kappa shape index (κ2) is 9.37. The first-order chi connectivity index (χ1) is 16.4. The number of fused-ring (bicyclic) bond motifs is 1. The lowest BCUT2D eigenvalue weighted by atomic mass is 9.83. The second-order valence-corrected chi connectivity index (χ2v) is 9.33. The Kier molecular flexibility index (Phi) is 6.30. The van der Waals surface area contributed by atoms with Crippen LogP contribution in [0.4, 0.5) is 4.39 Å². The molecule has 3 aromatic rings. The van der Waals surface area contributed by atoms with Gasteiger partial charge in [0.05, 0.1) is 11.6 Å². The van der Waals surface area contributed by atoms with Crippen molar-refractivity contribution in [1.82, 2.24) is 4.90 Å². The molecule has 3 aromatic carbocycles. The van der Waals surface area contributed by atoms with E-state index in [-0.39, 0.29) is 11.9 Å². The molecule has 0 radical (unpaired) electrons. The number of hydrogen-bond donors (Lipinski definition) is 2. The number of likely N-dealkylation sites (tertiary alicyclic amines) is 1. The van der Waals surface area contributed by atoms with Crippen molar-refractivity contribution in [2.24, 2.45) is 0 Å². The van der Waals surface area contributed by atoms with Gasteiger partial charge in [0.25, 0.3) is 0 Å². The molecule has 2 atom stereocenters. The van der Waals surface area contributed by atoms with E-state index in [1.54, 1.807) is 12.1 Å². The molecule has 2 aliphatic heterocycles. The molecule has 0 unspecified atom stereocenters. The van der Waals surface area contributed by atoms with Crippen molar-refractivity contribution >= 4 is 0 Å².